The van der Waals surface area contributed by atoms with Crippen LogP contribution in [0.2, 0.25) is 0 Å². The van der Waals surface area contributed by atoms with Crippen LogP contribution < -0.4 is 5.73 Å². The lowest BCUT2D eigenvalue weighted by molar-refractivity contribution is 0.341. The summed E-state index contributed by atoms with van der Waals surface area (Å²) in [7, 11) is 0. The van der Waals surface area contributed by atoms with Crippen LogP contribution in [0.15, 0.2) is 4.52 Å². The smallest absolute Gasteiger partial charge is 0.231 e. The summed E-state index contributed by atoms with van der Waals surface area (Å²) in [4.78, 5) is 4.37. The van der Waals surface area contributed by atoms with Gasteiger partial charge in [-0.2, -0.15) is 4.98 Å². The Labute approximate surface area is 83.9 Å². The summed E-state index contributed by atoms with van der Waals surface area (Å²) in [5.41, 5.74) is 5.97. The molecule has 4 heteroatoms. The van der Waals surface area contributed by atoms with Crippen LogP contribution in [0.3, 0.4) is 0 Å². The van der Waals surface area contributed by atoms with Crippen molar-refractivity contribution in [2.75, 3.05) is 0 Å². The van der Waals surface area contributed by atoms with Crippen molar-refractivity contribution in [3.8, 4) is 0 Å². The van der Waals surface area contributed by atoms with Gasteiger partial charge < -0.3 is 10.3 Å². The topological polar surface area (TPSA) is 64.9 Å². The Morgan fingerprint density at radius 3 is 3.00 bits per heavy atom. The van der Waals surface area contributed by atoms with E-state index in [0.717, 1.165) is 37.4 Å². The number of nitrogens with two attached hydrogens (primary N) is 1. The molecular weight excluding hydrogens is 178 g/mol. The minimum absolute atomic E-state index is 0.213. The molecule has 0 bridgehead atoms. The Balaban J connectivity index is 2.08. The number of nitrogens with zero attached hydrogens (tertiary/aromatic N) is 2. The predicted octanol–water partition coefficient (Wildman–Crippen LogP) is 1.62. The number of rotatable bonds is 3. The largest absolute Gasteiger partial charge is 0.339 e. The molecule has 0 aromatic carbocycles. The Morgan fingerprint density at radius 2 is 2.36 bits per heavy atom. The Kier molecular flexibility index (Phi) is 2.82. The summed E-state index contributed by atoms with van der Waals surface area (Å²) < 4.78 is 5.23. The van der Waals surface area contributed by atoms with Crippen LogP contribution in [-0.2, 0) is 6.42 Å². The van der Waals surface area contributed by atoms with Gasteiger partial charge in [0, 0.05) is 12.5 Å². The number of hydrogen-bond acceptors (Lipinski definition) is 4. The lowest BCUT2D eigenvalue weighted by Crippen LogP contribution is -2.22. The average molecular weight is 195 g/mol. The highest BCUT2D eigenvalue weighted by Crippen LogP contribution is 2.32. The summed E-state index contributed by atoms with van der Waals surface area (Å²) in [5.74, 6) is 1.87. The second-order valence-electron chi connectivity index (χ2n) is 4.00. The van der Waals surface area contributed by atoms with Gasteiger partial charge in [-0.15, -0.1) is 0 Å². The Morgan fingerprint density at radius 1 is 1.50 bits per heavy atom. The zero-order chi connectivity index (χ0) is 9.97. The molecule has 2 unspecified atom stereocenters. The highest BCUT2D eigenvalue weighted by atomic mass is 16.5. The van der Waals surface area contributed by atoms with E-state index in [1.165, 1.54) is 6.42 Å². The zero-order valence-corrected chi connectivity index (χ0v) is 8.57. The lowest BCUT2D eigenvalue weighted by Gasteiger charge is -2.08. The van der Waals surface area contributed by atoms with Crippen LogP contribution in [0.4, 0.5) is 0 Å². The molecule has 1 heterocycles. The van der Waals surface area contributed by atoms with Crippen LogP contribution in [0.1, 0.15) is 50.2 Å². The van der Waals surface area contributed by atoms with Gasteiger partial charge in [-0.1, -0.05) is 18.5 Å². The quantitative estimate of drug-likeness (QED) is 0.795. The summed E-state index contributed by atoms with van der Waals surface area (Å²) in [6.07, 6.45) is 5.30. The first kappa shape index (κ1) is 9.65. The van der Waals surface area contributed by atoms with Gasteiger partial charge in [0.1, 0.15) is 0 Å². The lowest BCUT2D eigenvalue weighted by atomic mass is 10.1. The van der Waals surface area contributed by atoms with Gasteiger partial charge in [0.2, 0.25) is 5.89 Å². The van der Waals surface area contributed by atoms with Gasteiger partial charge in [0.05, 0.1) is 5.92 Å². The fourth-order valence-corrected chi connectivity index (χ4v) is 2.04. The number of hydrogen-bond donors (Lipinski definition) is 1. The maximum Gasteiger partial charge on any atom is 0.231 e. The first-order valence-electron chi connectivity index (χ1n) is 5.39. The van der Waals surface area contributed by atoms with Crippen molar-refractivity contribution in [3.63, 3.8) is 0 Å². The maximum atomic E-state index is 5.97. The average Bonchev–Trinajstić information content (AvgIpc) is 2.74. The van der Waals surface area contributed by atoms with E-state index < -0.39 is 0 Å². The van der Waals surface area contributed by atoms with E-state index in [-0.39, 0.29) is 6.04 Å². The van der Waals surface area contributed by atoms with Gasteiger partial charge in [0.25, 0.3) is 0 Å². The van der Waals surface area contributed by atoms with Crippen LogP contribution >= 0.6 is 0 Å². The van der Waals surface area contributed by atoms with Crippen LogP contribution in [0.5, 0.6) is 0 Å². The third-order valence-electron chi connectivity index (χ3n) is 2.84. The molecule has 0 amide bonds. The second-order valence-corrected chi connectivity index (χ2v) is 4.00. The normalized spacial score (nSPS) is 27.0. The first-order valence-corrected chi connectivity index (χ1v) is 5.39. The molecule has 4 nitrogen and oxygen atoms in total. The molecule has 0 aliphatic heterocycles. The van der Waals surface area contributed by atoms with Gasteiger partial charge in [-0.05, 0) is 19.3 Å². The third kappa shape index (κ3) is 1.80. The first-order chi connectivity index (χ1) is 6.81. The maximum absolute atomic E-state index is 5.97. The van der Waals surface area contributed by atoms with Crippen molar-refractivity contribution in [2.24, 2.45) is 5.73 Å². The van der Waals surface area contributed by atoms with Crippen molar-refractivity contribution in [1.29, 1.82) is 0 Å². The fraction of sp³-hybridized carbons (Fsp3) is 0.800. The SMILES string of the molecule is CCCc1noc(C2CCCC2N)n1. The Bertz CT molecular complexity index is 297. The second kappa shape index (κ2) is 4.09. The molecule has 2 rings (SSSR count). The molecule has 2 N–H and O–H groups in total. The molecule has 1 aromatic rings. The van der Waals surface area contributed by atoms with Crippen molar-refractivity contribution in [3.05, 3.63) is 11.7 Å². The molecule has 1 fully saturated rings. The van der Waals surface area contributed by atoms with Crippen molar-refractivity contribution in [2.45, 2.75) is 51.0 Å². The van der Waals surface area contributed by atoms with E-state index in [1.807, 2.05) is 0 Å². The zero-order valence-electron chi connectivity index (χ0n) is 8.57. The molecule has 1 aliphatic rings. The van der Waals surface area contributed by atoms with Crippen molar-refractivity contribution < 1.29 is 4.52 Å². The number of aromatic nitrogens is 2. The molecule has 0 saturated heterocycles. The predicted molar refractivity (Wildman–Crippen MR) is 52.9 cm³/mol. The Hall–Kier alpha value is -0.900. The van der Waals surface area contributed by atoms with Crippen molar-refractivity contribution >= 4 is 0 Å². The minimum atomic E-state index is 0.213. The molecule has 0 spiro atoms. The summed E-state index contributed by atoms with van der Waals surface area (Å²) in [6.45, 7) is 2.11. The highest BCUT2D eigenvalue weighted by molar-refractivity contribution is 5.01. The fourth-order valence-electron chi connectivity index (χ4n) is 2.04. The molecule has 78 valence electrons. The number of aryl methyl sites for hydroxylation is 1. The molecule has 1 aliphatic carbocycles. The molecule has 1 saturated carbocycles. The summed E-state index contributed by atoms with van der Waals surface area (Å²) >= 11 is 0. The summed E-state index contributed by atoms with van der Waals surface area (Å²) in [5, 5.41) is 3.94. The van der Waals surface area contributed by atoms with Crippen LogP contribution in [-0.4, -0.2) is 16.2 Å². The van der Waals surface area contributed by atoms with E-state index in [1.54, 1.807) is 0 Å². The van der Waals surface area contributed by atoms with Gasteiger partial charge in [-0.3, -0.25) is 0 Å². The molecule has 1 aromatic heterocycles. The highest BCUT2D eigenvalue weighted by Gasteiger charge is 2.29. The molecule has 14 heavy (non-hydrogen) atoms. The van der Waals surface area contributed by atoms with E-state index in [4.69, 9.17) is 10.3 Å². The van der Waals surface area contributed by atoms with Crippen LogP contribution in [0.25, 0.3) is 0 Å². The van der Waals surface area contributed by atoms with Gasteiger partial charge >= 0.3 is 0 Å². The van der Waals surface area contributed by atoms with Crippen LogP contribution in [0, 0.1) is 0 Å². The van der Waals surface area contributed by atoms with E-state index >= 15 is 0 Å². The monoisotopic (exact) mass is 195 g/mol. The van der Waals surface area contributed by atoms with E-state index in [2.05, 4.69) is 17.1 Å². The molecule has 0 radical (unpaired) electrons. The van der Waals surface area contributed by atoms with Gasteiger partial charge in [-0.25, -0.2) is 0 Å². The summed E-state index contributed by atoms with van der Waals surface area (Å²) in [6, 6.07) is 0.213. The molecular formula is C10H17N3O. The van der Waals surface area contributed by atoms with E-state index in [9.17, 15) is 0 Å². The van der Waals surface area contributed by atoms with Gasteiger partial charge in [0.15, 0.2) is 5.82 Å². The van der Waals surface area contributed by atoms with E-state index in [0.29, 0.717) is 5.92 Å². The third-order valence-corrected chi connectivity index (χ3v) is 2.84. The van der Waals surface area contributed by atoms with Crippen molar-refractivity contribution in [1.82, 2.24) is 10.1 Å². The minimum Gasteiger partial charge on any atom is -0.339 e. The standard InChI is InChI=1S/C10H17N3O/c1-2-4-9-12-10(14-13-9)7-5-3-6-8(7)11/h7-8H,2-6,11H2,1H3. The molecule has 2 atom stereocenters.